The number of hydrogen-bond donors (Lipinski definition) is 2. The Morgan fingerprint density at radius 2 is 1.53 bits per heavy atom. The Morgan fingerprint density at radius 3 is 1.87 bits per heavy atom. The third kappa shape index (κ3) is 8.85. The van der Waals surface area contributed by atoms with Gasteiger partial charge in [-0.15, -0.1) is 0 Å². The van der Waals surface area contributed by atoms with Gasteiger partial charge in [-0.05, 0) is 24.8 Å². The molecule has 0 aromatic carbocycles. The molecule has 0 aliphatic carbocycles. The summed E-state index contributed by atoms with van der Waals surface area (Å²) < 4.78 is 0. The van der Waals surface area contributed by atoms with Crippen LogP contribution in [0.2, 0.25) is 0 Å². The van der Waals surface area contributed by atoms with E-state index >= 15 is 0 Å². The first-order valence-corrected chi connectivity index (χ1v) is 6.04. The van der Waals surface area contributed by atoms with Crippen molar-refractivity contribution in [1.29, 1.82) is 0 Å². The first-order chi connectivity index (χ1) is 6.95. The summed E-state index contributed by atoms with van der Waals surface area (Å²) in [7, 11) is 0. The number of rotatable bonds is 8. The fourth-order valence-corrected chi connectivity index (χ4v) is 1.73. The molecule has 0 saturated heterocycles. The van der Waals surface area contributed by atoms with Gasteiger partial charge in [-0.25, -0.2) is 0 Å². The summed E-state index contributed by atoms with van der Waals surface area (Å²) in [6.45, 7) is 12.3. The van der Waals surface area contributed by atoms with Crippen LogP contribution in [0, 0.1) is 11.8 Å². The zero-order chi connectivity index (χ0) is 11.8. The van der Waals surface area contributed by atoms with Crippen LogP contribution in [0.1, 0.15) is 34.1 Å². The van der Waals surface area contributed by atoms with E-state index in [1.54, 1.807) is 0 Å². The molecule has 3 nitrogen and oxygen atoms in total. The molecular formula is C12H28N2O. The molecule has 0 amide bonds. The van der Waals surface area contributed by atoms with Crippen molar-refractivity contribution in [2.45, 2.75) is 40.2 Å². The molecule has 0 aromatic rings. The monoisotopic (exact) mass is 216 g/mol. The average Bonchev–Trinajstić information content (AvgIpc) is 2.11. The van der Waals surface area contributed by atoms with E-state index in [0.29, 0.717) is 11.8 Å². The number of nitrogens with zero attached hydrogens (tertiary/aromatic N) is 1. The normalized spacial score (nSPS) is 14.2. The molecule has 0 spiro atoms. The van der Waals surface area contributed by atoms with Gasteiger partial charge in [0.25, 0.3) is 0 Å². The molecule has 0 fully saturated rings. The summed E-state index contributed by atoms with van der Waals surface area (Å²) in [5.41, 5.74) is 5.71. The first kappa shape index (κ1) is 14.9. The second-order valence-corrected chi connectivity index (χ2v) is 5.28. The molecule has 3 heteroatoms. The van der Waals surface area contributed by atoms with E-state index in [0.717, 1.165) is 26.1 Å². The number of aliphatic hydroxyl groups excluding tert-OH is 1. The van der Waals surface area contributed by atoms with E-state index in [1.165, 1.54) is 0 Å². The molecule has 0 radical (unpaired) electrons. The third-order valence-corrected chi connectivity index (χ3v) is 2.30. The van der Waals surface area contributed by atoms with E-state index in [4.69, 9.17) is 10.8 Å². The molecule has 0 bridgehead atoms. The minimum Gasteiger partial charge on any atom is -0.395 e. The van der Waals surface area contributed by atoms with Crippen LogP contribution in [-0.2, 0) is 0 Å². The SMILES string of the molecule is CC(C)CN(CCC(N)CO)CC(C)C. The van der Waals surface area contributed by atoms with Gasteiger partial charge in [0.2, 0.25) is 0 Å². The minimum atomic E-state index is -0.0631. The molecular weight excluding hydrogens is 188 g/mol. The van der Waals surface area contributed by atoms with Gasteiger partial charge in [0.15, 0.2) is 0 Å². The predicted octanol–water partition coefficient (Wildman–Crippen LogP) is 1.31. The van der Waals surface area contributed by atoms with Gasteiger partial charge < -0.3 is 15.7 Å². The third-order valence-electron chi connectivity index (χ3n) is 2.30. The zero-order valence-electron chi connectivity index (χ0n) is 10.7. The van der Waals surface area contributed by atoms with E-state index < -0.39 is 0 Å². The maximum absolute atomic E-state index is 8.87. The number of aliphatic hydroxyl groups is 1. The molecule has 15 heavy (non-hydrogen) atoms. The van der Waals surface area contributed by atoms with Crippen LogP contribution in [-0.4, -0.2) is 42.3 Å². The molecule has 0 saturated carbocycles. The Kier molecular flexibility index (Phi) is 8.02. The summed E-state index contributed by atoms with van der Waals surface area (Å²) in [6, 6.07) is -0.0631. The van der Waals surface area contributed by atoms with Crippen molar-refractivity contribution in [2.24, 2.45) is 17.6 Å². The Labute approximate surface area is 94.6 Å². The minimum absolute atomic E-state index is 0.0631. The molecule has 1 unspecified atom stereocenters. The highest BCUT2D eigenvalue weighted by Crippen LogP contribution is 2.05. The summed E-state index contributed by atoms with van der Waals surface area (Å²) in [6.07, 6.45) is 0.885. The average molecular weight is 216 g/mol. The van der Waals surface area contributed by atoms with Crippen LogP contribution >= 0.6 is 0 Å². The van der Waals surface area contributed by atoms with Crippen molar-refractivity contribution in [2.75, 3.05) is 26.2 Å². The molecule has 0 aliphatic rings. The van der Waals surface area contributed by atoms with Gasteiger partial charge in [-0.1, -0.05) is 27.7 Å². The highest BCUT2D eigenvalue weighted by Gasteiger charge is 2.10. The lowest BCUT2D eigenvalue weighted by atomic mass is 10.1. The molecule has 0 rings (SSSR count). The van der Waals surface area contributed by atoms with Crippen molar-refractivity contribution in [3.8, 4) is 0 Å². The fraction of sp³-hybridized carbons (Fsp3) is 1.00. The lowest BCUT2D eigenvalue weighted by Crippen LogP contribution is -2.36. The van der Waals surface area contributed by atoms with Crippen molar-refractivity contribution >= 4 is 0 Å². The van der Waals surface area contributed by atoms with Crippen LogP contribution in [0.15, 0.2) is 0 Å². The van der Waals surface area contributed by atoms with Crippen LogP contribution in [0.25, 0.3) is 0 Å². The second-order valence-electron chi connectivity index (χ2n) is 5.28. The van der Waals surface area contributed by atoms with Crippen molar-refractivity contribution in [3.63, 3.8) is 0 Å². The van der Waals surface area contributed by atoms with Crippen LogP contribution in [0.3, 0.4) is 0 Å². The quantitative estimate of drug-likeness (QED) is 0.643. The van der Waals surface area contributed by atoms with Crippen LogP contribution in [0.5, 0.6) is 0 Å². The van der Waals surface area contributed by atoms with Crippen LogP contribution in [0.4, 0.5) is 0 Å². The largest absolute Gasteiger partial charge is 0.395 e. The lowest BCUT2D eigenvalue weighted by molar-refractivity contribution is 0.195. The second kappa shape index (κ2) is 8.08. The topological polar surface area (TPSA) is 49.5 Å². The highest BCUT2D eigenvalue weighted by molar-refractivity contribution is 4.67. The predicted molar refractivity (Wildman–Crippen MR) is 65.8 cm³/mol. The fourth-order valence-electron chi connectivity index (χ4n) is 1.73. The maximum atomic E-state index is 8.87. The summed E-state index contributed by atoms with van der Waals surface area (Å²) in [5.74, 6) is 1.38. The van der Waals surface area contributed by atoms with Gasteiger partial charge in [-0.2, -0.15) is 0 Å². The van der Waals surface area contributed by atoms with Crippen molar-refractivity contribution in [1.82, 2.24) is 4.90 Å². The van der Waals surface area contributed by atoms with E-state index in [-0.39, 0.29) is 12.6 Å². The maximum Gasteiger partial charge on any atom is 0.0583 e. The van der Waals surface area contributed by atoms with Crippen molar-refractivity contribution in [3.05, 3.63) is 0 Å². The van der Waals surface area contributed by atoms with Gasteiger partial charge in [-0.3, -0.25) is 0 Å². The smallest absolute Gasteiger partial charge is 0.0583 e. The zero-order valence-corrected chi connectivity index (χ0v) is 10.7. The van der Waals surface area contributed by atoms with Gasteiger partial charge >= 0.3 is 0 Å². The molecule has 92 valence electrons. The summed E-state index contributed by atoms with van der Waals surface area (Å²) in [5, 5.41) is 8.87. The Morgan fingerprint density at radius 1 is 1.07 bits per heavy atom. The lowest BCUT2D eigenvalue weighted by Gasteiger charge is -2.26. The Hall–Kier alpha value is -0.120. The highest BCUT2D eigenvalue weighted by atomic mass is 16.3. The molecule has 0 aliphatic heterocycles. The standard InChI is InChI=1S/C12H28N2O/c1-10(2)7-14(8-11(3)4)6-5-12(13)9-15/h10-12,15H,5-9,13H2,1-4H3. The Balaban J connectivity index is 3.89. The van der Waals surface area contributed by atoms with Gasteiger partial charge in [0.05, 0.1) is 6.61 Å². The van der Waals surface area contributed by atoms with E-state index in [9.17, 15) is 0 Å². The molecule has 0 heterocycles. The Bertz CT molecular complexity index is 139. The molecule has 1 atom stereocenters. The first-order valence-electron chi connectivity index (χ1n) is 6.04. The van der Waals surface area contributed by atoms with E-state index in [2.05, 4.69) is 32.6 Å². The summed E-state index contributed by atoms with van der Waals surface area (Å²) in [4.78, 5) is 2.45. The summed E-state index contributed by atoms with van der Waals surface area (Å²) >= 11 is 0. The van der Waals surface area contributed by atoms with Crippen molar-refractivity contribution < 1.29 is 5.11 Å². The van der Waals surface area contributed by atoms with E-state index in [1.807, 2.05) is 0 Å². The molecule has 0 aromatic heterocycles. The number of nitrogens with two attached hydrogens (primary N) is 1. The number of hydrogen-bond acceptors (Lipinski definition) is 3. The van der Waals surface area contributed by atoms with Crippen LogP contribution < -0.4 is 5.73 Å². The van der Waals surface area contributed by atoms with Gasteiger partial charge in [0.1, 0.15) is 0 Å². The molecule has 3 N–H and O–H groups in total. The van der Waals surface area contributed by atoms with Gasteiger partial charge in [0, 0.05) is 19.1 Å².